The molecule has 0 aliphatic carbocycles. The zero-order valence-electron chi connectivity index (χ0n) is 23.9. The van der Waals surface area contributed by atoms with Crippen molar-refractivity contribution in [1.29, 1.82) is 0 Å². The lowest BCUT2D eigenvalue weighted by Gasteiger charge is -2.25. The summed E-state index contributed by atoms with van der Waals surface area (Å²) in [5, 5.41) is 11.7. The number of halogens is 1. The number of nitrogens with zero attached hydrogens (tertiary/aromatic N) is 1. The van der Waals surface area contributed by atoms with Crippen LogP contribution in [0, 0.1) is 6.92 Å². The first kappa shape index (κ1) is 30.9. The standard InChI is InChI=1S/C34H46ClNO3/c1-3-4-5-6-7-8-9-10-11-12-13-14-15-16-25-36-31(27-21-23-29(35)24-22-27)30(33(38)34(36)39)32(37)28-19-17-26(2)18-20-28/h17-24,31,37H,3-16,25H2,1-2H3/b32-30+/t31-/m0/s1. The highest BCUT2D eigenvalue weighted by atomic mass is 35.5. The third-order valence-electron chi connectivity index (χ3n) is 7.80. The summed E-state index contributed by atoms with van der Waals surface area (Å²) in [5.74, 6) is -1.30. The molecule has 1 saturated heterocycles. The molecule has 0 saturated carbocycles. The predicted octanol–water partition coefficient (Wildman–Crippen LogP) is 9.55. The smallest absolute Gasteiger partial charge is 0.295 e. The summed E-state index contributed by atoms with van der Waals surface area (Å²) in [7, 11) is 0. The average molecular weight is 552 g/mol. The maximum absolute atomic E-state index is 13.2. The van der Waals surface area contributed by atoms with Crippen LogP contribution >= 0.6 is 11.6 Å². The second-order valence-electron chi connectivity index (χ2n) is 11.0. The highest BCUT2D eigenvalue weighted by molar-refractivity contribution is 6.46. The molecule has 1 atom stereocenters. The number of benzene rings is 2. The highest BCUT2D eigenvalue weighted by Gasteiger charge is 2.45. The van der Waals surface area contributed by atoms with Crippen LogP contribution < -0.4 is 0 Å². The Hall–Kier alpha value is -2.59. The van der Waals surface area contributed by atoms with Gasteiger partial charge in [-0.1, -0.05) is 144 Å². The Bertz CT molecular complexity index is 1070. The molecule has 1 aliphatic heterocycles. The Kier molecular flexibility index (Phi) is 13.1. The van der Waals surface area contributed by atoms with E-state index in [0.717, 1.165) is 30.4 Å². The van der Waals surface area contributed by atoms with Crippen LogP contribution in [0.4, 0.5) is 0 Å². The van der Waals surface area contributed by atoms with E-state index >= 15 is 0 Å². The topological polar surface area (TPSA) is 57.6 Å². The molecule has 0 aromatic heterocycles. The molecular weight excluding hydrogens is 506 g/mol. The van der Waals surface area contributed by atoms with E-state index in [9.17, 15) is 14.7 Å². The van der Waals surface area contributed by atoms with E-state index in [1.54, 1.807) is 29.2 Å². The van der Waals surface area contributed by atoms with Crippen LogP contribution in [0.3, 0.4) is 0 Å². The molecule has 1 heterocycles. The van der Waals surface area contributed by atoms with Gasteiger partial charge in [0.15, 0.2) is 0 Å². The second-order valence-corrected chi connectivity index (χ2v) is 11.4. The fraction of sp³-hybridized carbons (Fsp3) is 0.529. The van der Waals surface area contributed by atoms with Crippen molar-refractivity contribution in [1.82, 2.24) is 4.90 Å². The average Bonchev–Trinajstić information content (AvgIpc) is 3.18. The maximum atomic E-state index is 13.2. The molecule has 1 fully saturated rings. The lowest BCUT2D eigenvalue weighted by atomic mass is 9.95. The molecule has 3 rings (SSSR count). The largest absolute Gasteiger partial charge is 0.507 e. The zero-order valence-corrected chi connectivity index (χ0v) is 24.6. The number of aliphatic hydroxyl groups excluding tert-OH is 1. The summed E-state index contributed by atoms with van der Waals surface area (Å²) in [6.07, 6.45) is 17.7. The van der Waals surface area contributed by atoms with Gasteiger partial charge in [0.05, 0.1) is 11.6 Å². The number of carbonyl (C=O) groups excluding carboxylic acids is 2. The minimum absolute atomic E-state index is 0.128. The molecule has 1 N–H and O–H groups in total. The molecule has 0 spiro atoms. The van der Waals surface area contributed by atoms with Crippen LogP contribution in [0.2, 0.25) is 5.02 Å². The second kappa shape index (κ2) is 16.5. The first-order valence-electron chi connectivity index (χ1n) is 15.0. The molecule has 39 heavy (non-hydrogen) atoms. The van der Waals surface area contributed by atoms with Gasteiger partial charge in [-0.3, -0.25) is 9.59 Å². The number of carbonyl (C=O) groups is 2. The molecular formula is C34H46ClNO3. The number of amides is 1. The number of aliphatic hydroxyl groups is 1. The summed E-state index contributed by atoms with van der Waals surface area (Å²) in [6.45, 7) is 4.71. The van der Waals surface area contributed by atoms with E-state index in [1.807, 2.05) is 31.2 Å². The molecule has 0 unspecified atom stereocenters. The number of aryl methyl sites for hydroxylation is 1. The monoisotopic (exact) mass is 551 g/mol. The van der Waals surface area contributed by atoms with Crippen molar-refractivity contribution in [3.63, 3.8) is 0 Å². The quantitative estimate of drug-likeness (QED) is 0.0921. The van der Waals surface area contributed by atoms with Crippen LogP contribution in [0.1, 0.15) is 120 Å². The highest BCUT2D eigenvalue weighted by Crippen LogP contribution is 2.40. The molecule has 212 valence electrons. The summed E-state index contributed by atoms with van der Waals surface area (Å²) in [6, 6.07) is 13.9. The van der Waals surface area contributed by atoms with Gasteiger partial charge in [0.2, 0.25) is 0 Å². The Labute approximate surface area is 240 Å². The van der Waals surface area contributed by atoms with Crippen molar-refractivity contribution in [2.24, 2.45) is 0 Å². The number of rotatable bonds is 17. The summed E-state index contributed by atoms with van der Waals surface area (Å²) in [5.41, 5.74) is 2.52. The number of ketones is 1. The number of likely N-dealkylation sites (tertiary alicyclic amines) is 1. The number of hydrogen-bond donors (Lipinski definition) is 1. The molecule has 5 heteroatoms. The summed E-state index contributed by atoms with van der Waals surface area (Å²) < 4.78 is 0. The summed E-state index contributed by atoms with van der Waals surface area (Å²) >= 11 is 6.12. The van der Waals surface area contributed by atoms with Gasteiger partial charge < -0.3 is 10.0 Å². The molecule has 2 aromatic carbocycles. The van der Waals surface area contributed by atoms with Crippen LogP contribution in [0.25, 0.3) is 5.76 Å². The first-order valence-corrected chi connectivity index (χ1v) is 15.4. The van der Waals surface area contributed by atoms with Crippen molar-refractivity contribution >= 4 is 29.1 Å². The number of Topliss-reactive ketones (excluding diaryl/α,β-unsaturated/α-hetero) is 1. The fourth-order valence-corrected chi connectivity index (χ4v) is 5.57. The van der Waals surface area contributed by atoms with E-state index in [2.05, 4.69) is 6.92 Å². The van der Waals surface area contributed by atoms with Crippen molar-refractivity contribution in [2.75, 3.05) is 6.54 Å². The first-order chi connectivity index (χ1) is 18.9. The van der Waals surface area contributed by atoms with Crippen LogP contribution in [-0.2, 0) is 9.59 Å². The van der Waals surface area contributed by atoms with Gasteiger partial charge in [-0.25, -0.2) is 0 Å². The minimum atomic E-state index is -0.626. The van der Waals surface area contributed by atoms with Gasteiger partial charge in [0.25, 0.3) is 11.7 Å². The van der Waals surface area contributed by atoms with E-state index < -0.39 is 17.7 Å². The van der Waals surface area contributed by atoms with Crippen LogP contribution in [0.5, 0.6) is 0 Å². The van der Waals surface area contributed by atoms with E-state index in [-0.39, 0.29) is 11.3 Å². The van der Waals surface area contributed by atoms with E-state index in [1.165, 1.54) is 70.6 Å². The third-order valence-corrected chi connectivity index (χ3v) is 8.06. The molecule has 0 radical (unpaired) electrons. The Balaban J connectivity index is 1.52. The lowest BCUT2D eigenvalue weighted by Crippen LogP contribution is -2.30. The molecule has 1 amide bonds. The summed E-state index contributed by atoms with van der Waals surface area (Å²) in [4.78, 5) is 27.9. The predicted molar refractivity (Wildman–Crippen MR) is 162 cm³/mol. The zero-order chi connectivity index (χ0) is 28.0. The van der Waals surface area contributed by atoms with E-state index in [4.69, 9.17) is 11.6 Å². The number of unbranched alkanes of at least 4 members (excludes halogenated alkanes) is 13. The molecule has 2 aromatic rings. The Morgan fingerprint density at radius 2 is 1.23 bits per heavy atom. The molecule has 4 nitrogen and oxygen atoms in total. The van der Waals surface area contributed by atoms with Crippen LogP contribution in [0.15, 0.2) is 54.1 Å². The van der Waals surface area contributed by atoms with Crippen LogP contribution in [-0.4, -0.2) is 28.2 Å². The van der Waals surface area contributed by atoms with Crippen molar-refractivity contribution < 1.29 is 14.7 Å². The molecule has 1 aliphatic rings. The van der Waals surface area contributed by atoms with Gasteiger partial charge in [0.1, 0.15) is 5.76 Å². The van der Waals surface area contributed by atoms with Gasteiger partial charge in [0, 0.05) is 17.1 Å². The minimum Gasteiger partial charge on any atom is -0.507 e. The Morgan fingerprint density at radius 1 is 0.744 bits per heavy atom. The SMILES string of the molecule is CCCCCCCCCCCCCCCCN1C(=O)C(=O)/C(=C(/O)c2ccc(C)cc2)[C@@H]1c1ccc(Cl)cc1. The van der Waals surface area contributed by atoms with Gasteiger partial charge in [-0.05, 0) is 31.0 Å². The van der Waals surface area contributed by atoms with Gasteiger partial charge >= 0.3 is 0 Å². The normalized spacial score (nSPS) is 16.8. The van der Waals surface area contributed by atoms with Crippen molar-refractivity contribution in [3.05, 3.63) is 75.8 Å². The van der Waals surface area contributed by atoms with Crippen molar-refractivity contribution in [3.8, 4) is 0 Å². The fourth-order valence-electron chi connectivity index (χ4n) is 5.45. The van der Waals surface area contributed by atoms with Crippen molar-refractivity contribution in [2.45, 2.75) is 110 Å². The third kappa shape index (κ3) is 9.24. The Morgan fingerprint density at radius 3 is 1.74 bits per heavy atom. The van der Waals surface area contributed by atoms with E-state index in [0.29, 0.717) is 17.1 Å². The van der Waals surface area contributed by atoms with Gasteiger partial charge in [-0.15, -0.1) is 0 Å². The van der Waals surface area contributed by atoms with Gasteiger partial charge in [-0.2, -0.15) is 0 Å². The number of hydrogen-bond acceptors (Lipinski definition) is 3. The lowest BCUT2D eigenvalue weighted by molar-refractivity contribution is -0.139. The maximum Gasteiger partial charge on any atom is 0.295 e. The molecule has 0 bridgehead atoms.